The Morgan fingerprint density at radius 2 is 1.68 bits per heavy atom. The first-order valence-electron chi connectivity index (χ1n) is 11.9. The standard InChI is InChI=1S/C27H29N3O4/c1-19(31)28-14-10-21(11-15-28)20-6-8-22(9-7-20)26(32)29-16-12-24(13-17-29)30-25-5-3-2-4-23(25)18-34-27(30)33/h2-10,24H,11-18H2,1H3. The number of para-hydroxylation sites is 1. The number of amides is 3. The fraction of sp³-hybridized carbons (Fsp3) is 0.370. The lowest BCUT2D eigenvalue weighted by Gasteiger charge is -2.40. The predicted octanol–water partition coefficient (Wildman–Crippen LogP) is 4.08. The molecule has 0 spiro atoms. The van der Waals surface area contributed by atoms with Gasteiger partial charge >= 0.3 is 6.09 Å². The zero-order valence-corrected chi connectivity index (χ0v) is 19.4. The Labute approximate surface area is 199 Å². The molecule has 0 unspecified atom stereocenters. The van der Waals surface area contributed by atoms with Crippen molar-refractivity contribution in [3.63, 3.8) is 0 Å². The quantitative estimate of drug-likeness (QED) is 0.694. The van der Waals surface area contributed by atoms with Gasteiger partial charge in [0.25, 0.3) is 5.91 Å². The van der Waals surface area contributed by atoms with Crippen LogP contribution in [-0.4, -0.2) is 59.9 Å². The van der Waals surface area contributed by atoms with E-state index in [1.165, 1.54) is 5.57 Å². The molecule has 0 saturated carbocycles. The van der Waals surface area contributed by atoms with Crippen LogP contribution in [0.2, 0.25) is 0 Å². The summed E-state index contributed by atoms with van der Waals surface area (Å²) in [5.41, 5.74) is 4.92. The van der Waals surface area contributed by atoms with Crippen LogP contribution in [0.15, 0.2) is 54.6 Å². The summed E-state index contributed by atoms with van der Waals surface area (Å²) in [5, 5.41) is 0. The van der Waals surface area contributed by atoms with Crippen LogP contribution in [0.3, 0.4) is 0 Å². The van der Waals surface area contributed by atoms with Crippen molar-refractivity contribution in [2.45, 2.75) is 38.8 Å². The number of cyclic esters (lactones) is 1. The number of piperidine rings is 1. The minimum atomic E-state index is -0.303. The second-order valence-corrected chi connectivity index (χ2v) is 9.10. The van der Waals surface area contributed by atoms with E-state index >= 15 is 0 Å². The highest BCUT2D eigenvalue weighted by Gasteiger charge is 2.35. The number of rotatable bonds is 3. The van der Waals surface area contributed by atoms with E-state index in [-0.39, 0.29) is 23.9 Å². The molecule has 3 aliphatic rings. The molecule has 0 atom stereocenters. The summed E-state index contributed by atoms with van der Waals surface area (Å²) < 4.78 is 5.38. The molecule has 0 radical (unpaired) electrons. The summed E-state index contributed by atoms with van der Waals surface area (Å²) in [4.78, 5) is 42.6. The van der Waals surface area contributed by atoms with Crippen LogP contribution in [0.4, 0.5) is 10.5 Å². The topological polar surface area (TPSA) is 70.2 Å². The summed E-state index contributed by atoms with van der Waals surface area (Å²) in [5.74, 6) is 0.119. The van der Waals surface area contributed by atoms with E-state index in [0.717, 1.165) is 29.8 Å². The third-order valence-electron chi connectivity index (χ3n) is 7.07. The van der Waals surface area contributed by atoms with Gasteiger partial charge in [0.2, 0.25) is 5.91 Å². The minimum Gasteiger partial charge on any atom is -0.444 e. The maximum atomic E-state index is 13.1. The molecule has 0 N–H and O–H groups in total. The Balaban J connectivity index is 1.21. The lowest BCUT2D eigenvalue weighted by molar-refractivity contribution is -0.128. The Morgan fingerprint density at radius 3 is 2.35 bits per heavy atom. The minimum absolute atomic E-state index is 0.0204. The van der Waals surface area contributed by atoms with Crippen LogP contribution in [0.1, 0.15) is 47.7 Å². The highest BCUT2D eigenvalue weighted by molar-refractivity contribution is 5.95. The Kier molecular flexibility index (Phi) is 6.09. The van der Waals surface area contributed by atoms with Crippen molar-refractivity contribution in [2.75, 3.05) is 31.1 Å². The summed E-state index contributed by atoms with van der Waals surface area (Å²) in [6.07, 6.45) is 4.04. The molecule has 3 aliphatic heterocycles. The number of ether oxygens (including phenoxy) is 1. The fourth-order valence-electron chi connectivity index (χ4n) is 5.07. The van der Waals surface area contributed by atoms with Gasteiger partial charge in [-0.05, 0) is 48.6 Å². The number of hydrogen-bond acceptors (Lipinski definition) is 4. The van der Waals surface area contributed by atoms with Gasteiger partial charge in [0.05, 0.1) is 5.69 Å². The molecular formula is C27H29N3O4. The van der Waals surface area contributed by atoms with Gasteiger partial charge in [-0.15, -0.1) is 0 Å². The average molecular weight is 460 g/mol. The molecule has 0 aromatic heterocycles. The van der Waals surface area contributed by atoms with Gasteiger partial charge in [0.1, 0.15) is 6.61 Å². The van der Waals surface area contributed by atoms with Crippen LogP contribution in [-0.2, 0) is 16.1 Å². The van der Waals surface area contributed by atoms with E-state index in [0.29, 0.717) is 44.6 Å². The molecular weight excluding hydrogens is 430 g/mol. The SMILES string of the molecule is CC(=O)N1CC=C(c2ccc(C(=O)N3CCC(N4C(=O)OCc5ccccc54)CC3)cc2)CC1. The number of anilines is 1. The van der Waals surface area contributed by atoms with Crippen LogP contribution in [0, 0.1) is 0 Å². The van der Waals surface area contributed by atoms with Crippen molar-refractivity contribution >= 4 is 29.2 Å². The van der Waals surface area contributed by atoms with Gasteiger partial charge in [-0.1, -0.05) is 36.4 Å². The summed E-state index contributed by atoms with van der Waals surface area (Å²) in [7, 11) is 0. The lowest BCUT2D eigenvalue weighted by atomic mass is 9.97. The van der Waals surface area contributed by atoms with Crippen molar-refractivity contribution in [2.24, 2.45) is 0 Å². The maximum Gasteiger partial charge on any atom is 0.414 e. The van der Waals surface area contributed by atoms with E-state index in [1.807, 2.05) is 58.3 Å². The molecule has 3 amide bonds. The summed E-state index contributed by atoms with van der Waals surface area (Å²) in [6.45, 7) is 4.47. The van der Waals surface area contributed by atoms with Crippen molar-refractivity contribution in [1.29, 1.82) is 0 Å². The first kappa shape index (κ1) is 22.2. The largest absolute Gasteiger partial charge is 0.444 e. The molecule has 1 fully saturated rings. The average Bonchev–Trinajstić information content (AvgIpc) is 2.88. The van der Waals surface area contributed by atoms with E-state index in [4.69, 9.17) is 4.74 Å². The van der Waals surface area contributed by atoms with E-state index in [1.54, 1.807) is 11.8 Å². The van der Waals surface area contributed by atoms with Gasteiger partial charge in [-0.3, -0.25) is 14.5 Å². The molecule has 1 saturated heterocycles. The number of carbonyl (C=O) groups is 3. The number of carbonyl (C=O) groups excluding carboxylic acids is 3. The second kappa shape index (κ2) is 9.33. The van der Waals surface area contributed by atoms with Gasteiger partial charge in [0.15, 0.2) is 0 Å². The Morgan fingerprint density at radius 1 is 0.941 bits per heavy atom. The molecule has 2 aromatic rings. The zero-order chi connectivity index (χ0) is 23.7. The first-order valence-corrected chi connectivity index (χ1v) is 11.9. The van der Waals surface area contributed by atoms with Crippen LogP contribution >= 0.6 is 0 Å². The molecule has 2 aromatic carbocycles. The number of likely N-dealkylation sites (tertiary alicyclic amines) is 1. The highest BCUT2D eigenvalue weighted by Crippen LogP contribution is 2.32. The monoisotopic (exact) mass is 459 g/mol. The zero-order valence-electron chi connectivity index (χ0n) is 19.4. The Bertz CT molecular complexity index is 1130. The van der Waals surface area contributed by atoms with Gasteiger partial charge < -0.3 is 14.5 Å². The van der Waals surface area contributed by atoms with Gasteiger partial charge in [-0.2, -0.15) is 0 Å². The van der Waals surface area contributed by atoms with Crippen molar-refractivity contribution in [3.8, 4) is 0 Å². The van der Waals surface area contributed by atoms with Crippen LogP contribution < -0.4 is 4.90 Å². The van der Waals surface area contributed by atoms with Crippen LogP contribution in [0.25, 0.3) is 5.57 Å². The Hall–Kier alpha value is -3.61. The lowest BCUT2D eigenvalue weighted by Crippen LogP contribution is -2.50. The van der Waals surface area contributed by atoms with Crippen molar-refractivity contribution in [3.05, 3.63) is 71.3 Å². The molecule has 34 heavy (non-hydrogen) atoms. The van der Waals surface area contributed by atoms with E-state index in [2.05, 4.69) is 6.08 Å². The number of fused-ring (bicyclic) bond motifs is 1. The van der Waals surface area contributed by atoms with E-state index < -0.39 is 0 Å². The summed E-state index contributed by atoms with van der Waals surface area (Å²) in [6, 6.07) is 15.6. The third-order valence-corrected chi connectivity index (χ3v) is 7.07. The van der Waals surface area contributed by atoms with Crippen LogP contribution in [0.5, 0.6) is 0 Å². The second-order valence-electron chi connectivity index (χ2n) is 9.10. The number of nitrogens with zero attached hydrogens (tertiary/aromatic N) is 3. The molecule has 3 heterocycles. The van der Waals surface area contributed by atoms with Crippen molar-refractivity contribution in [1.82, 2.24) is 9.80 Å². The molecule has 0 aliphatic carbocycles. The smallest absolute Gasteiger partial charge is 0.414 e. The molecule has 7 heteroatoms. The van der Waals surface area contributed by atoms with E-state index in [9.17, 15) is 14.4 Å². The third kappa shape index (κ3) is 4.30. The highest BCUT2D eigenvalue weighted by atomic mass is 16.6. The molecule has 0 bridgehead atoms. The number of hydrogen-bond donors (Lipinski definition) is 0. The predicted molar refractivity (Wildman–Crippen MR) is 129 cm³/mol. The first-order chi connectivity index (χ1) is 16.5. The van der Waals surface area contributed by atoms with Gasteiger partial charge in [0, 0.05) is 50.3 Å². The molecule has 176 valence electrons. The van der Waals surface area contributed by atoms with Gasteiger partial charge in [-0.25, -0.2) is 4.79 Å². The fourth-order valence-corrected chi connectivity index (χ4v) is 5.07. The normalized spacial score (nSPS) is 18.8. The molecule has 5 rings (SSSR count). The maximum absolute atomic E-state index is 13.1. The van der Waals surface area contributed by atoms with Crippen molar-refractivity contribution < 1.29 is 19.1 Å². The molecule has 7 nitrogen and oxygen atoms in total. The number of benzene rings is 2. The summed E-state index contributed by atoms with van der Waals surface area (Å²) >= 11 is 0.